The number of halogens is 1. The highest BCUT2D eigenvalue weighted by Gasteiger charge is 2.37. The molecule has 0 atom stereocenters. The summed E-state index contributed by atoms with van der Waals surface area (Å²) in [5.74, 6) is -1.44. The maximum absolute atomic E-state index is 13.6. The van der Waals surface area contributed by atoms with Gasteiger partial charge in [-0.2, -0.15) is 0 Å². The van der Waals surface area contributed by atoms with Crippen molar-refractivity contribution in [2.75, 3.05) is 4.90 Å². The molecule has 6 rings (SSSR count). The molecular formula is C33H22ClN3O3. The van der Waals surface area contributed by atoms with Gasteiger partial charge in [0.2, 0.25) is 0 Å². The lowest BCUT2D eigenvalue weighted by atomic mass is 10.0. The van der Waals surface area contributed by atoms with E-state index < -0.39 is 17.8 Å². The Morgan fingerprint density at radius 3 is 1.85 bits per heavy atom. The van der Waals surface area contributed by atoms with Crippen molar-refractivity contribution in [2.24, 2.45) is 0 Å². The Kier molecular flexibility index (Phi) is 6.60. The first-order valence-electron chi connectivity index (χ1n) is 12.6. The second-order valence-corrected chi connectivity index (χ2v) is 9.61. The van der Waals surface area contributed by atoms with Gasteiger partial charge in [0.1, 0.15) is 5.57 Å². The van der Waals surface area contributed by atoms with Gasteiger partial charge in [0.05, 0.1) is 17.1 Å². The molecule has 7 heteroatoms. The van der Waals surface area contributed by atoms with Gasteiger partial charge in [-0.1, -0.05) is 90.5 Å². The van der Waals surface area contributed by atoms with Crippen LogP contribution >= 0.6 is 11.6 Å². The minimum atomic E-state index is -0.787. The van der Waals surface area contributed by atoms with Gasteiger partial charge in [-0.15, -0.1) is 0 Å². The third kappa shape index (κ3) is 4.61. The van der Waals surface area contributed by atoms with Crippen LogP contribution < -0.4 is 10.2 Å². The molecule has 0 spiro atoms. The molecule has 0 unspecified atom stereocenters. The number of nitrogens with zero attached hydrogens (tertiary/aromatic N) is 2. The number of hydrogen-bond acceptors (Lipinski definition) is 3. The van der Waals surface area contributed by atoms with Crippen molar-refractivity contribution in [1.82, 2.24) is 9.88 Å². The van der Waals surface area contributed by atoms with Gasteiger partial charge >= 0.3 is 6.03 Å². The van der Waals surface area contributed by atoms with Gasteiger partial charge in [0.25, 0.3) is 11.8 Å². The number of amides is 4. The van der Waals surface area contributed by atoms with Crippen LogP contribution in [-0.2, 0) is 9.59 Å². The predicted octanol–water partition coefficient (Wildman–Crippen LogP) is 7.13. The molecule has 1 N–H and O–H groups in total. The maximum Gasteiger partial charge on any atom is 0.335 e. The first-order valence-corrected chi connectivity index (χ1v) is 13.0. The quantitative estimate of drug-likeness (QED) is 0.189. The summed E-state index contributed by atoms with van der Waals surface area (Å²) in [5.41, 5.74) is 5.18. The summed E-state index contributed by atoms with van der Waals surface area (Å²) in [6.07, 6.45) is 1.56. The third-order valence-corrected chi connectivity index (χ3v) is 6.90. The molecule has 4 amide bonds. The van der Waals surface area contributed by atoms with Gasteiger partial charge in [-0.25, -0.2) is 9.69 Å². The highest BCUT2D eigenvalue weighted by Crippen LogP contribution is 2.38. The Labute approximate surface area is 235 Å². The van der Waals surface area contributed by atoms with Crippen molar-refractivity contribution >= 4 is 41.2 Å². The van der Waals surface area contributed by atoms with E-state index in [4.69, 9.17) is 11.6 Å². The molecule has 6 nitrogen and oxygen atoms in total. The topological polar surface area (TPSA) is 71.4 Å². The highest BCUT2D eigenvalue weighted by atomic mass is 35.5. The molecule has 1 aliphatic heterocycles. The number of nitrogens with one attached hydrogen (secondary N) is 1. The van der Waals surface area contributed by atoms with E-state index in [1.807, 2.05) is 91.0 Å². The molecule has 40 heavy (non-hydrogen) atoms. The van der Waals surface area contributed by atoms with E-state index in [9.17, 15) is 14.4 Å². The molecule has 0 radical (unpaired) electrons. The molecule has 0 aliphatic carbocycles. The van der Waals surface area contributed by atoms with E-state index >= 15 is 0 Å². The SMILES string of the molecule is O=C1NC(=O)N(c2ccccc2)C(=O)C1=Cc1cc(-c2ccccc2)n(-c2ccc(Cl)cc2)c1-c1ccccc1. The van der Waals surface area contributed by atoms with Gasteiger partial charge in [0, 0.05) is 16.3 Å². The average molecular weight is 544 g/mol. The molecule has 1 saturated heterocycles. The first kappa shape index (κ1) is 25.1. The molecule has 1 aliphatic rings. The number of carbonyl (C=O) groups is 3. The van der Waals surface area contributed by atoms with Gasteiger partial charge < -0.3 is 4.57 Å². The number of aromatic nitrogens is 1. The summed E-state index contributed by atoms with van der Waals surface area (Å²) in [6, 6.07) is 36.8. The molecular weight excluding hydrogens is 522 g/mol. The maximum atomic E-state index is 13.6. The zero-order valence-electron chi connectivity index (χ0n) is 21.1. The van der Waals surface area contributed by atoms with Crippen LogP contribution in [-0.4, -0.2) is 22.4 Å². The standard InChI is InChI=1S/C33H22ClN3O3/c34-25-16-18-27(19-17-25)36-29(22-10-4-1-5-11-22)21-24(30(36)23-12-6-2-7-13-23)20-28-31(38)35-33(40)37(32(28)39)26-14-8-3-9-15-26/h1-21H,(H,35,38,40). The number of carbonyl (C=O) groups excluding carboxylic acids is 3. The molecule has 2 heterocycles. The summed E-state index contributed by atoms with van der Waals surface area (Å²) >= 11 is 6.22. The zero-order valence-corrected chi connectivity index (χ0v) is 21.9. The van der Waals surface area contributed by atoms with Crippen LogP contribution in [0.5, 0.6) is 0 Å². The number of urea groups is 1. The van der Waals surface area contributed by atoms with E-state index in [1.165, 1.54) is 0 Å². The molecule has 194 valence electrons. The van der Waals surface area contributed by atoms with E-state index in [0.717, 1.165) is 33.1 Å². The normalized spacial score (nSPS) is 14.5. The lowest BCUT2D eigenvalue weighted by molar-refractivity contribution is -0.122. The second-order valence-electron chi connectivity index (χ2n) is 9.17. The number of anilines is 1. The van der Waals surface area contributed by atoms with Gasteiger partial charge in [0.15, 0.2) is 0 Å². The van der Waals surface area contributed by atoms with E-state index in [2.05, 4.69) is 9.88 Å². The smallest absolute Gasteiger partial charge is 0.309 e. The second kappa shape index (κ2) is 10.5. The van der Waals surface area contributed by atoms with E-state index in [-0.39, 0.29) is 5.57 Å². The summed E-state index contributed by atoms with van der Waals surface area (Å²) in [4.78, 5) is 40.3. The lowest BCUT2D eigenvalue weighted by Crippen LogP contribution is -2.54. The van der Waals surface area contributed by atoms with E-state index in [0.29, 0.717) is 16.3 Å². The van der Waals surface area contributed by atoms with Crippen LogP contribution in [0.4, 0.5) is 10.5 Å². The molecule has 1 fully saturated rings. The fraction of sp³-hybridized carbons (Fsp3) is 0. The number of imide groups is 2. The number of para-hydroxylation sites is 1. The van der Waals surface area contributed by atoms with Crippen LogP contribution in [0.25, 0.3) is 34.3 Å². The summed E-state index contributed by atoms with van der Waals surface area (Å²) in [6.45, 7) is 0. The first-order chi connectivity index (χ1) is 19.5. The molecule has 0 bridgehead atoms. The van der Waals surface area contributed by atoms with Crippen LogP contribution in [0.1, 0.15) is 5.56 Å². The molecule has 4 aromatic carbocycles. The van der Waals surface area contributed by atoms with Crippen molar-refractivity contribution in [3.05, 3.63) is 137 Å². The van der Waals surface area contributed by atoms with Crippen LogP contribution in [0.3, 0.4) is 0 Å². The predicted molar refractivity (Wildman–Crippen MR) is 157 cm³/mol. The minimum Gasteiger partial charge on any atom is -0.309 e. The van der Waals surface area contributed by atoms with Gasteiger partial charge in [-0.3, -0.25) is 14.9 Å². The number of barbiturate groups is 1. The number of rotatable bonds is 5. The Balaban J connectivity index is 1.60. The van der Waals surface area contributed by atoms with Crippen LogP contribution in [0.15, 0.2) is 127 Å². The molecule has 0 saturated carbocycles. The fourth-order valence-electron chi connectivity index (χ4n) is 4.84. The van der Waals surface area contributed by atoms with Crippen molar-refractivity contribution in [2.45, 2.75) is 0 Å². The number of hydrogen-bond donors (Lipinski definition) is 1. The zero-order chi connectivity index (χ0) is 27.6. The fourth-order valence-corrected chi connectivity index (χ4v) is 4.96. The Morgan fingerprint density at radius 1 is 0.650 bits per heavy atom. The lowest BCUT2D eigenvalue weighted by Gasteiger charge is -2.26. The average Bonchev–Trinajstić information content (AvgIpc) is 3.36. The van der Waals surface area contributed by atoms with Crippen molar-refractivity contribution < 1.29 is 14.4 Å². The Morgan fingerprint density at radius 2 is 1.23 bits per heavy atom. The van der Waals surface area contributed by atoms with Gasteiger partial charge in [-0.05, 0) is 59.7 Å². The Hall–Kier alpha value is -5.20. The Bertz CT molecular complexity index is 1760. The minimum absolute atomic E-state index is 0.145. The highest BCUT2D eigenvalue weighted by molar-refractivity contribution is 6.39. The monoisotopic (exact) mass is 543 g/mol. The summed E-state index contributed by atoms with van der Waals surface area (Å²) in [5, 5.41) is 2.92. The summed E-state index contributed by atoms with van der Waals surface area (Å²) in [7, 11) is 0. The van der Waals surface area contributed by atoms with Crippen LogP contribution in [0.2, 0.25) is 5.02 Å². The third-order valence-electron chi connectivity index (χ3n) is 6.65. The van der Waals surface area contributed by atoms with Crippen molar-refractivity contribution in [3.8, 4) is 28.2 Å². The van der Waals surface area contributed by atoms with Crippen molar-refractivity contribution in [3.63, 3.8) is 0 Å². The molecule has 5 aromatic rings. The van der Waals surface area contributed by atoms with E-state index in [1.54, 1.807) is 36.4 Å². The number of benzene rings is 4. The summed E-state index contributed by atoms with van der Waals surface area (Å²) < 4.78 is 2.08. The largest absolute Gasteiger partial charge is 0.335 e. The van der Waals surface area contributed by atoms with Crippen LogP contribution in [0, 0.1) is 0 Å². The molecule has 1 aromatic heterocycles. The van der Waals surface area contributed by atoms with Crippen molar-refractivity contribution in [1.29, 1.82) is 0 Å².